The lowest BCUT2D eigenvalue weighted by Crippen LogP contribution is -2.14. The molecule has 1 aromatic heterocycles. The minimum absolute atomic E-state index is 0. The largest absolute Gasteiger partial charge is 0.352 e. The van der Waals surface area contributed by atoms with Gasteiger partial charge in [-0.25, -0.2) is 0 Å². The zero-order valence-electron chi connectivity index (χ0n) is 15.0. The summed E-state index contributed by atoms with van der Waals surface area (Å²) in [6, 6.07) is 16.3. The van der Waals surface area contributed by atoms with E-state index < -0.39 is 0 Å². The molecule has 0 saturated heterocycles. The van der Waals surface area contributed by atoms with E-state index in [2.05, 4.69) is 65.4 Å². The topological polar surface area (TPSA) is 62.7 Å². The predicted octanol–water partition coefficient (Wildman–Crippen LogP) is 5.21. The molecule has 0 saturated carbocycles. The predicted molar refractivity (Wildman–Crippen MR) is 107 cm³/mol. The van der Waals surface area contributed by atoms with Gasteiger partial charge in [-0.05, 0) is 51.0 Å². The summed E-state index contributed by atoms with van der Waals surface area (Å²) in [5.41, 5.74) is 4.28. The fraction of sp³-hybridized carbons (Fsp3) is 0.250. The Hall–Kier alpha value is -2.95. The molecule has 2 N–H and O–H groups in total. The molecule has 3 rings (SSSR count). The van der Waals surface area contributed by atoms with Crippen molar-refractivity contribution in [2.75, 3.05) is 10.6 Å². The summed E-state index contributed by atoms with van der Waals surface area (Å²) in [4.78, 5) is 13.8. The molecule has 2 aromatic carbocycles. The molecule has 0 aliphatic heterocycles. The summed E-state index contributed by atoms with van der Waals surface area (Å²) < 4.78 is 0. The molecule has 0 atom stereocenters. The molecule has 0 fully saturated rings. The van der Waals surface area contributed by atoms with Gasteiger partial charge in [-0.3, -0.25) is 0 Å². The highest BCUT2D eigenvalue weighted by atomic mass is 15.2. The molecule has 0 bridgehead atoms. The van der Waals surface area contributed by atoms with Crippen molar-refractivity contribution in [3.63, 3.8) is 0 Å². The van der Waals surface area contributed by atoms with Crippen LogP contribution in [0.2, 0.25) is 0 Å². The number of rotatable bonds is 5. The summed E-state index contributed by atoms with van der Waals surface area (Å²) in [7, 11) is 0. The summed E-state index contributed by atoms with van der Waals surface area (Å²) in [6.45, 7) is 8.28. The van der Waals surface area contributed by atoms with E-state index in [1.807, 2.05) is 36.4 Å². The number of benzene rings is 2. The fourth-order valence-corrected chi connectivity index (χ4v) is 2.68. The van der Waals surface area contributed by atoms with E-state index in [1.165, 1.54) is 0 Å². The summed E-state index contributed by atoms with van der Waals surface area (Å²) in [6.07, 6.45) is 0. The van der Waals surface area contributed by atoms with E-state index in [1.54, 1.807) is 0 Å². The first-order chi connectivity index (χ1) is 12.0. The van der Waals surface area contributed by atoms with E-state index in [0.717, 1.165) is 22.4 Å². The third-order valence-electron chi connectivity index (χ3n) is 3.79. The Labute approximate surface area is 151 Å². The number of para-hydroxylation sites is 1. The van der Waals surface area contributed by atoms with Crippen LogP contribution in [-0.2, 0) is 0 Å². The molecular weight excluding hydrogens is 310 g/mol. The van der Waals surface area contributed by atoms with E-state index in [4.69, 9.17) is 0 Å². The lowest BCUT2D eigenvalue weighted by atomic mass is 10.0. The van der Waals surface area contributed by atoms with Crippen LogP contribution >= 0.6 is 0 Å². The maximum absolute atomic E-state index is 4.65. The molecule has 0 aliphatic rings. The van der Waals surface area contributed by atoms with Gasteiger partial charge in [0.2, 0.25) is 11.9 Å². The second-order valence-electron chi connectivity index (χ2n) is 6.36. The minimum atomic E-state index is 0. The molecule has 0 amide bonds. The summed E-state index contributed by atoms with van der Waals surface area (Å²) in [5, 5.41) is 6.54. The van der Waals surface area contributed by atoms with Crippen molar-refractivity contribution in [3.05, 3.63) is 59.7 Å². The normalized spacial score (nSPS) is 10.8. The minimum Gasteiger partial charge on any atom is -0.352 e. The monoisotopic (exact) mass is 337 g/mol. The number of hydrogen-bond acceptors (Lipinski definition) is 5. The fourth-order valence-electron chi connectivity index (χ4n) is 2.68. The van der Waals surface area contributed by atoms with Crippen molar-refractivity contribution >= 4 is 17.6 Å². The first-order valence-electron chi connectivity index (χ1n) is 8.44. The SMILES string of the molecule is Cc1cccc(C)c1-c1nc(Nc2ccccc2)nc(NC(C)C)n1.[HH].[HH]. The zero-order chi connectivity index (χ0) is 17.8. The molecule has 0 radical (unpaired) electrons. The summed E-state index contributed by atoms with van der Waals surface area (Å²) in [5.74, 6) is 1.77. The van der Waals surface area contributed by atoms with Crippen LogP contribution in [-0.4, -0.2) is 21.0 Å². The van der Waals surface area contributed by atoms with Gasteiger partial charge >= 0.3 is 0 Å². The number of aromatic nitrogens is 3. The summed E-state index contributed by atoms with van der Waals surface area (Å²) >= 11 is 0. The molecule has 5 heteroatoms. The Morgan fingerprint density at radius 1 is 0.800 bits per heavy atom. The molecular formula is C20H27N5. The van der Waals surface area contributed by atoms with Gasteiger partial charge in [-0.15, -0.1) is 0 Å². The maximum atomic E-state index is 4.65. The first kappa shape index (κ1) is 16.9. The van der Waals surface area contributed by atoms with Crippen LogP contribution in [0, 0.1) is 13.8 Å². The molecule has 3 aromatic rings. The van der Waals surface area contributed by atoms with Crippen LogP contribution in [0.1, 0.15) is 27.8 Å². The van der Waals surface area contributed by atoms with Gasteiger partial charge < -0.3 is 10.6 Å². The zero-order valence-corrected chi connectivity index (χ0v) is 15.0. The molecule has 0 spiro atoms. The van der Waals surface area contributed by atoms with Crippen molar-refractivity contribution in [1.29, 1.82) is 0 Å². The Morgan fingerprint density at radius 2 is 1.44 bits per heavy atom. The molecule has 0 unspecified atom stereocenters. The molecule has 5 nitrogen and oxygen atoms in total. The average molecular weight is 337 g/mol. The van der Waals surface area contributed by atoms with Gasteiger partial charge in [0.15, 0.2) is 5.82 Å². The van der Waals surface area contributed by atoms with Crippen LogP contribution < -0.4 is 10.6 Å². The Morgan fingerprint density at radius 3 is 2.08 bits per heavy atom. The van der Waals surface area contributed by atoms with Crippen molar-refractivity contribution in [2.24, 2.45) is 0 Å². The van der Waals surface area contributed by atoms with Gasteiger partial charge in [-0.2, -0.15) is 15.0 Å². The van der Waals surface area contributed by atoms with E-state index in [-0.39, 0.29) is 8.90 Å². The number of anilines is 3. The van der Waals surface area contributed by atoms with E-state index in [0.29, 0.717) is 17.7 Å². The quantitative estimate of drug-likeness (QED) is 0.669. The number of aryl methyl sites for hydroxylation is 2. The van der Waals surface area contributed by atoms with Crippen molar-refractivity contribution < 1.29 is 2.85 Å². The van der Waals surface area contributed by atoms with Gasteiger partial charge in [0, 0.05) is 20.1 Å². The number of hydrogen-bond donors (Lipinski definition) is 2. The second-order valence-corrected chi connectivity index (χ2v) is 6.36. The van der Waals surface area contributed by atoms with Gasteiger partial charge in [0.05, 0.1) is 0 Å². The first-order valence-corrected chi connectivity index (χ1v) is 8.44. The molecule has 1 heterocycles. The standard InChI is InChI=1S/C20H23N5.2H2/c1-13(2)21-19-23-18(17-14(3)9-8-10-15(17)4)24-20(25-19)22-16-11-6-5-7-12-16;;/h5-13H,1-4H3,(H2,21,22,23,24,25);2*1H. The average Bonchev–Trinajstić information content (AvgIpc) is 2.55. The Kier molecular flexibility index (Phi) is 4.93. The van der Waals surface area contributed by atoms with Crippen LogP contribution in [0.3, 0.4) is 0 Å². The number of nitrogens with one attached hydrogen (secondary N) is 2. The van der Waals surface area contributed by atoms with Gasteiger partial charge in [0.1, 0.15) is 0 Å². The third-order valence-corrected chi connectivity index (χ3v) is 3.79. The Balaban J connectivity index is 0.00000182. The van der Waals surface area contributed by atoms with Crippen molar-refractivity contribution in [1.82, 2.24) is 15.0 Å². The Bertz CT molecular complexity index is 849. The third kappa shape index (κ3) is 4.12. The van der Waals surface area contributed by atoms with Crippen LogP contribution in [0.4, 0.5) is 17.6 Å². The van der Waals surface area contributed by atoms with Gasteiger partial charge in [-0.1, -0.05) is 36.4 Å². The molecule has 25 heavy (non-hydrogen) atoms. The van der Waals surface area contributed by atoms with Crippen LogP contribution in [0.25, 0.3) is 11.4 Å². The van der Waals surface area contributed by atoms with Gasteiger partial charge in [0.25, 0.3) is 0 Å². The van der Waals surface area contributed by atoms with Crippen molar-refractivity contribution in [3.8, 4) is 11.4 Å². The second kappa shape index (κ2) is 7.30. The molecule has 0 aliphatic carbocycles. The van der Waals surface area contributed by atoms with Crippen molar-refractivity contribution in [2.45, 2.75) is 33.7 Å². The highest BCUT2D eigenvalue weighted by Gasteiger charge is 2.13. The number of nitrogens with zero attached hydrogens (tertiary/aromatic N) is 3. The van der Waals surface area contributed by atoms with Crippen LogP contribution in [0.15, 0.2) is 48.5 Å². The lowest BCUT2D eigenvalue weighted by molar-refractivity contribution is 0.869. The van der Waals surface area contributed by atoms with E-state index >= 15 is 0 Å². The smallest absolute Gasteiger partial charge is 0.232 e. The highest BCUT2D eigenvalue weighted by Crippen LogP contribution is 2.26. The van der Waals surface area contributed by atoms with Crippen LogP contribution in [0.5, 0.6) is 0 Å². The van der Waals surface area contributed by atoms with E-state index in [9.17, 15) is 0 Å². The maximum Gasteiger partial charge on any atom is 0.232 e. The lowest BCUT2D eigenvalue weighted by Gasteiger charge is -2.14. The molecule has 132 valence electrons. The highest BCUT2D eigenvalue weighted by molar-refractivity contribution is 5.67.